The van der Waals surface area contributed by atoms with Gasteiger partial charge in [0.1, 0.15) is 6.54 Å². The molecule has 0 spiro atoms. The largest absolute Gasteiger partial charge is 0.450 e. The molecule has 2 aromatic carbocycles. The molecule has 16 heteroatoms. The van der Waals surface area contributed by atoms with E-state index in [9.17, 15) is 40.7 Å². The van der Waals surface area contributed by atoms with E-state index in [1.54, 1.807) is 0 Å². The van der Waals surface area contributed by atoms with Gasteiger partial charge in [-0.2, -0.15) is 26.3 Å². The Labute approximate surface area is 227 Å². The van der Waals surface area contributed by atoms with Crippen LogP contribution in [-0.2, 0) is 28.8 Å². The molecule has 216 valence electrons. The Morgan fingerprint density at radius 1 is 1.07 bits per heavy atom. The maximum atomic E-state index is 13.2. The van der Waals surface area contributed by atoms with Gasteiger partial charge in [-0.15, -0.1) is 5.10 Å². The second-order valence-electron chi connectivity index (χ2n) is 8.49. The van der Waals surface area contributed by atoms with Crippen molar-refractivity contribution >= 4 is 23.6 Å². The van der Waals surface area contributed by atoms with Crippen LogP contribution in [0.25, 0.3) is 11.4 Å². The molecular formula is C24H22ClF6N5O4. The number of primary amides is 1. The summed E-state index contributed by atoms with van der Waals surface area (Å²) in [5.41, 5.74) is 3.18. The summed E-state index contributed by atoms with van der Waals surface area (Å²) in [4.78, 5) is 36.7. The minimum atomic E-state index is -4.68. The molecule has 1 heterocycles. The molecule has 1 unspecified atom stereocenters. The highest BCUT2D eigenvalue weighted by Crippen LogP contribution is 2.31. The second kappa shape index (κ2) is 12.4. The predicted octanol–water partition coefficient (Wildman–Crippen LogP) is 4.68. The molecule has 1 aromatic heterocycles. The third-order valence-electron chi connectivity index (χ3n) is 5.54. The van der Waals surface area contributed by atoms with Crippen LogP contribution in [0.5, 0.6) is 0 Å². The van der Waals surface area contributed by atoms with Crippen LogP contribution in [-0.4, -0.2) is 39.1 Å². The average molecular weight is 594 g/mol. The van der Waals surface area contributed by atoms with Crippen LogP contribution in [0.1, 0.15) is 30.0 Å². The molecule has 3 N–H and O–H groups in total. The summed E-state index contributed by atoms with van der Waals surface area (Å²) in [6, 6.07) is 8.68. The Morgan fingerprint density at radius 3 is 2.35 bits per heavy atom. The Bertz CT molecular complexity index is 1400. The summed E-state index contributed by atoms with van der Waals surface area (Å²) in [7, 11) is 0. The van der Waals surface area contributed by atoms with Crippen LogP contribution in [0.4, 0.5) is 31.1 Å². The summed E-state index contributed by atoms with van der Waals surface area (Å²) in [5.74, 6) is -1.05. The molecule has 2 amide bonds. The van der Waals surface area contributed by atoms with Crippen LogP contribution >= 0.6 is 11.6 Å². The van der Waals surface area contributed by atoms with Gasteiger partial charge in [-0.1, -0.05) is 23.7 Å². The lowest BCUT2D eigenvalue weighted by Crippen LogP contribution is -2.36. The zero-order valence-corrected chi connectivity index (χ0v) is 21.2. The zero-order valence-electron chi connectivity index (χ0n) is 20.4. The highest BCUT2D eigenvalue weighted by molar-refractivity contribution is 6.30. The molecule has 9 nitrogen and oxygen atoms in total. The van der Waals surface area contributed by atoms with E-state index >= 15 is 0 Å². The molecule has 0 aliphatic carbocycles. The number of hydrogen-bond acceptors (Lipinski definition) is 5. The molecule has 0 aliphatic heterocycles. The average Bonchev–Trinajstić information content (AvgIpc) is 3.16. The second-order valence-corrected chi connectivity index (χ2v) is 8.92. The fourth-order valence-electron chi connectivity index (χ4n) is 3.70. The zero-order chi connectivity index (χ0) is 29.7. The van der Waals surface area contributed by atoms with E-state index in [1.807, 2.05) is 0 Å². The van der Waals surface area contributed by atoms with Crippen LogP contribution in [0, 0.1) is 0 Å². The number of rotatable bonds is 10. The first-order chi connectivity index (χ1) is 18.6. The maximum absolute atomic E-state index is 13.2. The van der Waals surface area contributed by atoms with E-state index in [0.29, 0.717) is 9.70 Å². The minimum Gasteiger partial charge on any atom is -0.450 e. The number of carbonyl (C=O) groups is 2. The monoisotopic (exact) mass is 593 g/mol. The fourth-order valence-corrected chi connectivity index (χ4v) is 3.83. The van der Waals surface area contributed by atoms with Gasteiger partial charge in [-0.25, -0.2) is 14.3 Å². The van der Waals surface area contributed by atoms with E-state index in [-0.39, 0.29) is 30.0 Å². The predicted molar refractivity (Wildman–Crippen MR) is 130 cm³/mol. The van der Waals surface area contributed by atoms with E-state index < -0.39 is 61.2 Å². The first-order valence-electron chi connectivity index (χ1n) is 11.5. The lowest BCUT2D eigenvalue weighted by molar-refractivity contribution is -0.138. The minimum absolute atomic E-state index is 0.0150. The molecule has 0 saturated carbocycles. The lowest BCUT2D eigenvalue weighted by Gasteiger charge is -2.20. The number of benzene rings is 2. The van der Waals surface area contributed by atoms with E-state index in [0.717, 1.165) is 22.8 Å². The highest BCUT2D eigenvalue weighted by atomic mass is 35.5. The van der Waals surface area contributed by atoms with Crippen molar-refractivity contribution in [1.29, 1.82) is 0 Å². The first-order valence-corrected chi connectivity index (χ1v) is 11.9. The highest BCUT2D eigenvalue weighted by Gasteiger charge is 2.32. The molecule has 0 fully saturated rings. The molecule has 0 aliphatic rings. The van der Waals surface area contributed by atoms with Crippen LogP contribution in [0.2, 0.25) is 5.02 Å². The van der Waals surface area contributed by atoms with Gasteiger partial charge < -0.3 is 15.8 Å². The summed E-state index contributed by atoms with van der Waals surface area (Å²) < 4.78 is 84.4. The Balaban J connectivity index is 1.89. The van der Waals surface area contributed by atoms with Crippen molar-refractivity contribution in [1.82, 2.24) is 19.7 Å². The van der Waals surface area contributed by atoms with Gasteiger partial charge in [0.2, 0.25) is 5.91 Å². The number of ether oxygens (including phenoxy) is 1. The maximum Gasteiger partial charge on any atom is 0.416 e. The van der Waals surface area contributed by atoms with Crippen molar-refractivity contribution in [2.75, 3.05) is 6.61 Å². The SMILES string of the molecule is NC(=O)OCCC(NC(=O)Cn1nc(-c2ccc(Cl)cc2)n(CCC(F)(F)F)c1=O)c1cccc(C(F)(F)F)c1. The van der Waals surface area contributed by atoms with Gasteiger partial charge in [-0.3, -0.25) is 9.36 Å². The smallest absolute Gasteiger partial charge is 0.416 e. The van der Waals surface area contributed by atoms with Crippen molar-refractivity contribution in [3.8, 4) is 11.4 Å². The number of nitrogens with one attached hydrogen (secondary N) is 1. The van der Waals surface area contributed by atoms with E-state index in [2.05, 4.69) is 15.2 Å². The van der Waals surface area contributed by atoms with Gasteiger partial charge >= 0.3 is 24.1 Å². The van der Waals surface area contributed by atoms with E-state index in [1.165, 1.54) is 30.3 Å². The number of alkyl halides is 6. The number of carbonyl (C=O) groups excluding carboxylic acids is 2. The molecule has 0 saturated heterocycles. The summed E-state index contributed by atoms with van der Waals surface area (Å²) in [6.45, 7) is -1.91. The number of nitrogens with two attached hydrogens (primary N) is 1. The third kappa shape index (κ3) is 8.49. The van der Waals surface area contributed by atoms with Gasteiger partial charge in [0.15, 0.2) is 5.82 Å². The van der Waals surface area contributed by atoms with Crippen LogP contribution in [0.3, 0.4) is 0 Å². The molecule has 3 rings (SSSR count). The molecule has 0 radical (unpaired) electrons. The van der Waals surface area contributed by atoms with Gasteiger partial charge in [0.05, 0.1) is 24.6 Å². The molecular weight excluding hydrogens is 572 g/mol. The topological polar surface area (TPSA) is 121 Å². The van der Waals surface area contributed by atoms with Crippen molar-refractivity contribution in [2.24, 2.45) is 5.73 Å². The molecule has 1 atom stereocenters. The molecule has 3 aromatic rings. The lowest BCUT2D eigenvalue weighted by atomic mass is 10.0. The van der Waals surface area contributed by atoms with Crippen LogP contribution in [0.15, 0.2) is 53.3 Å². The van der Waals surface area contributed by atoms with Crippen molar-refractivity contribution in [3.63, 3.8) is 0 Å². The standard InChI is InChI=1S/C24H22ClF6N5O4/c25-17-6-4-14(5-7-17)20-34-36(22(39)35(20)10-9-23(26,27)28)13-19(37)33-18(8-11-40-21(32)38)15-2-1-3-16(12-15)24(29,30)31/h1-7,12,18H,8-11,13H2,(H2,32,38)(H,33,37). The van der Waals surface area contributed by atoms with Gasteiger partial charge in [0, 0.05) is 23.6 Å². The van der Waals surface area contributed by atoms with Crippen molar-refractivity contribution in [2.45, 2.75) is 44.3 Å². The molecule has 40 heavy (non-hydrogen) atoms. The van der Waals surface area contributed by atoms with Crippen molar-refractivity contribution in [3.05, 3.63) is 75.2 Å². The quantitative estimate of drug-likeness (QED) is 0.331. The first kappa shape index (κ1) is 30.5. The third-order valence-corrected chi connectivity index (χ3v) is 5.79. The molecule has 0 bridgehead atoms. The Kier molecular flexibility index (Phi) is 9.50. The van der Waals surface area contributed by atoms with E-state index in [4.69, 9.17) is 17.3 Å². The van der Waals surface area contributed by atoms with Gasteiger partial charge in [0.25, 0.3) is 0 Å². The van der Waals surface area contributed by atoms with Crippen LogP contribution < -0.4 is 16.7 Å². The summed E-state index contributed by atoms with van der Waals surface area (Å²) in [5, 5.41) is 6.80. The number of aromatic nitrogens is 3. The fraction of sp³-hybridized carbons (Fsp3) is 0.333. The number of amides is 2. The number of hydrogen-bond donors (Lipinski definition) is 2. The van der Waals surface area contributed by atoms with Gasteiger partial charge in [-0.05, 0) is 42.0 Å². The number of halogens is 7. The summed E-state index contributed by atoms with van der Waals surface area (Å²) in [6.07, 6.45) is -11.9. The summed E-state index contributed by atoms with van der Waals surface area (Å²) >= 11 is 5.86. The van der Waals surface area contributed by atoms with Crippen molar-refractivity contribution < 1.29 is 40.7 Å². The Hall–Kier alpha value is -4.01. The Morgan fingerprint density at radius 2 is 1.75 bits per heavy atom. The normalized spacial score (nSPS) is 12.7. The number of nitrogens with zero attached hydrogens (tertiary/aromatic N) is 3.